The van der Waals surface area contributed by atoms with Crippen LogP contribution in [-0.2, 0) is 14.2 Å². The van der Waals surface area contributed by atoms with Crippen LogP contribution in [0.4, 0.5) is 0 Å². The predicted octanol–water partition coefficient (Wildman–Crippen LogP) is 5.52. The van der Waals surface area contributed by atoms with Crippen molar-refractivity contribution >= 4 is 7.60 Å². The van der Waals surface area contributed by atoms with Gasteiger partial charge < -0.3 is 4.52 Å². The van der Waals surface area contributed by atoms with Crippen molar-refractivity contribution in [3.63, 3.8) is 0 Å². The monoisotopic (exact) mass is 316 g/mol. The Morgan fingerprint density at radius 3 is 2.55 bits per heavy atom. The zero-order valence-corrected chi connectivity index (χ0v) is 14.3. The highest BCUT2D eigenvalue weighted by atomic mass is 31.2. The van der Waals surface area contributed by atoms with Gasteiger partial charge in [-0.15, -0.1) is 0 Å². The van der Waals surface area contributed by atoms with Crippen molar-refractivity contribution in [1.29, 1.82) is 0 Å². The highest BCUT2D eigenvalue weighted by molar-refractivity contribution is 7.56. The maximum atomic E-state index is 13.0. The standard InChI is InChI=1S/C18H21O3P/c1-5-20-22(19)18(3,4)16-10-9-15(12-17(16)21-22)14-8-6-7-13(2)11-14/h6-12H,5H2,1-4H3. The zero-order chi connectivity index (χ0) is 16.0. The maximum absolute atomic E-state index is 13.0. The number of hydrogen-bond acceptors (Lipinski definition) is 3. The van der Waals surface area contributed by atoms with E-state index in [1.807, 2.05) is 39.0 Å². The first-order chi connectivity index (χ1) is 10.4. The Morgan fingerprint density at radius 2 is 1.86 bits per heavy atom. The number of rotatable bonds is 3. The van der Waals surface area contributed by atoms with E-state index >= 15 is 0 Å². The van der Waals surface area contributed by atoms with Crippen molar-refractivity contribution in [2.45, 2.75) is 32.9 Å². The quantitative estimate of drug-likeness (QED) is 0.699. The van der Waals surface area contributed by atoms with Gasteiger partial charge >= 0.3 is 7.60 Å². The van der Waals surface area contributed by atoms with E-state index in [1.54, 1.807) is 0 Å². The number of benzene rings is 2. The molecule has 4 heteroatoms. The minimum atomic E-state index is -3.18. The molecular weight excluding hydrogens is 295 g/mol. The van der Waals surface area contributed by atoms with Crippen LogP contribution in [0.5, 0.6) is 5.75 Å². The van der Waals surface area contributed by atoms with Crippen molar-refractivity contribution in [2.24, 2.45) is 0 Å². The van der Waals surface area contributed by atoms with E-state index in [9.17, 15) is 4.57 Å². The zero-order valence-electron chi connectivity index (χ0n) is 13.4. The summed E-state index contributed by atoms with van der Waals surface area (Å²) in [6.45, 7) is 8.11. The van der Waals surface area contributed by atoms with Gasteiger partial charge in [0.15, 0.2) is 0 Å². The Bertz CT molecular complexity index is 765. The third-order valence-corrected chi connectivity index (χ3v) is 6.84. The van der Waals surface area contributed by atoms with Gasteiger partial charge in [0.2, 0.25) is 0 Å². The van der Waals surface area contributed by atoms with Crippen LogP contribution in [0.1, 0.15) is 31.9 Å². The van der Waals surface area contributed by atoms with Crippen LogP contribution in [0.2, 0.25) is 0 Å². The highest BCUT2D eigenvalue weighted by Crippen LogP contribution is 2.70. The summed E-state index contributed by atoms with van der Waals surface area (Å²) < 4.78 is 24.2. The molecule has 0 aromatic heterocycles. The lowest BCUT2D eigenvalue weighted by atomic mass is 9.96. The van der Waals surface area contributed by atoms with Gasteiger partial charge in [0.05, 0.1) is 6.61 Å². The lowest BCUT2D eigenvalue weighted by Crippen LogP contribution is -2.15. The minimum absolute atomic E-state index is 0.374. The lowest BCUT2D eigenvalue weighted by molar-refractivity contribution is 0.270. The molecule has 1 heterocycles. The van der Waals surface area contributed by atoms with Crippen LogP contribution in [0, 0.1) is 6.92 Å². The molecule has 0 N–H and O–H groups in total. The van der Waals surface area contributed by atoms with Gasteiger partial charge in [0, 0.05) is 5.56 Å². The van der Waals surface area contributed by atoms with E-state index in [1.165, 1.54) is 5.56 Å². The number of fused-ring (bicyclic) bond motifs is 1. The van der Waals surface area contributed by atoms with E-state index < -0.39 is 12.8 Å². The predicted molar refractivity (Wildman–Crippen MR) is 89.5 cm³/mol. The van der Waals surface area contributed by atoms with E-state index in [0.29, 0.717) is 12.4 Å². The van der Waals surface area contributed by atoms with Crippen LogP contribution in [0.25, 0.3) is 11.1 Å². The fourth-order valence-electron chi connectivity index (χ4n) is 2.86. The summed E-state index contributed by atoms with van der Waals surface area (Å²) in [6, 6.07) is 14.3. The smallest absolute Gasteiger partial charge is 0.389 e. The first kappa shape index (κ1) is 15.3. The molecule has 116 valence electrons. The van der Waals surface area contributed by atoms with Crippen LogP contribution in [0.15, 0.2) is 42.5 Å². The Hall–Kier alpha value is -1.57. The van der Waals surface area contributed by atoms with E-state index in [2.05, 4.69) is 31.2 Å². The molecule has 0 saturated carbocycles. The van der Waals surface area contributed by atoms with Gasteiger partial charge in [-0.3, -0.25) is 4.52 Å². The molecular formula is C18H21O3P. The summed E-state index contributed by atoms with van der Waals surface area (Å²) in [7, 11) is -3.18. The van der Waals surface area contributed by atoms with E-state index in [0.717, 1.165) is 16.7 Å². The van der Waals surface area contributed by atoms with Crippen molar-refractivity contribution in [1.82, 2.24) is 0 Å². The summed E-state index contributed by atoms with van der Waals surface area (Å²) in [5.41, 5.74) is 4.34. The molecule has 1 unspecified atom stereocenters. The molecule has 1 atom stereocenters. The van der Waals surface area contributed by atoms with Gasteiger partial charge in [-0.2, -0.15) is 0 Å². The Morgan fingerprint density at radius 1 is 1.14 bits per heavy atom. The maximum Gasteiger partial charge on any atom is 0.389 e. The van der Waals surface area contributed by atoms with Crippen LogP contribution in [0.3, 0.4) is 0 Å². The normalized spacial score (nSPS) is 22.2. The average Bonchev–Trinajstić information content (AvgIpc) is 2.66. The second-order valence-electron chi connectivity index (χ2n) is 6.15. The fourth-order valence-corrected chi connectivity index (χ4v) is 4.69. The molecule has 22 heavy (non-hydrogen) atoms. The summed E-state index contributed by atoms with van der Waals surface area (Å²) in [5.74, 6) is 0.667. The fraction of sp³-hybridized carbons (Fsp3) is 0.333. The summed E-state index contributed by atoms with van der Waals surface area (Å²) in [6.07, 6.45) is 0. The summed E-state index contributed by atoms with van der Waals surface area (Å²) in [4.78, 5) is 0. The molecule has 0 fully saturated rings. The van der Waals surface area contributed by atoms with Crippen molar-refractivity contribution in [2.75, 3.05) is 6.61 Å². The highest BCUT2D eigenvalue weighted by Gasteiger charge is 2.53. The van der Waals surface area contributed by atoms with Crippen molar-refractivity contribution in [3.8, 4) is 16.9 Å². The molecule has 0 aliphatic carbocycles. The molecule has 0 bridgehead atoms. The topological polar surface area (TPSA) is 35.5 Å². The van der Waals surface area contributed by atoms with Gasteiger partial charge in [-0.25, -0.2) is 4.57 Å². The largest absolute Gasteiger partial charge is 0.423 e. The molecule has 1 aliphatic rings. The van der Waals surface area contributed by atoms with Gasteiger partial charge in [-0.05, 0) is 44.9 Å². The van der Waals surface area contributed by atoms with Crippen LogP contribution in [-0.4, -0.2) is 6.61 Å². The SMILES string of the molecule is CCOP1(=O)Oc2cc(-c3cccc(C)c3)ccc2C1(C)C. The Labute approximate surface area is 131 Å². The molecule has 2 aromatic rings. The van der Waals surface area contributed by atoms with E-state index in [-0.39, 0.29) is 0 Å². The first-order valence-corrected chi connectivity index (χ1v) is 9.07. The van der Waals surface area contributed by atoms with Gasteiger partial charge in [0.1, 0.15) is 10.9 Å². The number of aryl methyl sites for hydroxylation is 1. The Kier molecular flexibility index (Phi) is 3.66. The average molecular weight is 316 g/mol. The van der Waals surface area contributed by atoms with Gasteiger partial charge in [0.25, 0.3) is 0 Å². The lowest BCUT2D eigenvalue weighted by Gasteiger charge is -2.24. The molecule has 0 radical (unpaired) electrons. The molecule has 1 aliphatic heterocycles. The van der Waals surface area contributed by atoms with Crippen LogP contribution >= 0.6 is 7.60 Å². The molecule has 2 aromatic carbocycles. The Balaban J connectivity index is 2.06. The second-order valence-corrected chi connectivity index (χ2v) is 8.70. The molecule has 0 spiro atoms. The molecule has 3 rings (SSSR count). The summed E-state index contributed by atoms with van der Waals surface area (Å²) in [5, 5.41) is -0.622. The van der Waals surface area contributed by atoms with Crippen LogP contribution < -0.4 is 4.52 Å². The summed E-state index contributed by atoms with van der Waals surface area (Å²) >= 11 is 0. The van der Waals surface area contributed by atoms with Crippen molar-refractivity contribution < 1.29 is 13.6 Å². The first-order valence-electron chi connectivity index (χ1n) is 7.53. The minimum Gasteiger partial charge on any atom is -0.423 e. The third-order valence-electron chi connectivity index (χ3n) is 4.19. The van der Waals surface area contributed by atoms with E-state index in [4.69, 9.17) is 9.05 Å². The number of hydrogen-bond donors (Lipinski definition) is 0. The molecule has 3 nitrogen and oxygen atoms in total. The van der Waals surface area contributed by atoms with Crippen molar-refractivity contribution in [3.05, 3.63) is 53.6 Å². The molecule has 0 saturated heterocycles. The second kappa shape index (κ2) is 5.26. The third kappa shape index (κ3) is 2.29. The van der Waals surface area contributed by atoms with Gasteiger partial charge in [-0.1, -0.05) is 42.0 Å². The molecule has 0 amide bonds.